The van der Waals surface area contributed by atoms with Gasteiger partial charge in [-0.15, -0.1) is 0 Å². The topological polar surface area (TPSA) is 78.9 Å². The Morgan fingerprint density at radius 3 is 0.969 bits per heavy atom. The van der Waals surface area contributed by atoms with E-state index in [1.807, 2.05) is 0 Å². The van der Waals surface area contributed by atoms with Crippen LogP contribution in [0.3, 0.4) is 0 Å². The van der Waals surface area contributed by atoms with Crippen LogP contribution in [0.4, 0.5) is 0 Å². The number of esters is 3. The van der Waals surface area contributed by atoms with Crippen LogP contribution < -0.4 is 0 Å². The molecule has 0 radical (unpaired) electrons. The van der Waals surface area contributed by atoms with Crippen molar-refractivity contribution in [1.82, 2.24) is 0 Å². The van der Waals surface area contributed by atoms with E-state index in [0.717, 1.165) is 135 Å². The number of allylic oxidation sites excluding steroid dienone is 18. The minimum absolute atomic E-state index is 0.111. The highest BCUT2D eigenvalue weighted by Crippen LogP contribution is 2.12. The number of carbonyl (C=O) groups excluding carboxylic acids is 3. The standard InChI is InChI=1S/C59H96O6/c1-4-7-10-13-16-19-22-25-28-29-32-34-37-40-43-46-49-52-58(61)64-55-56(65-59(62)53-50-47-44-41-38-35-31-27-24-21-18-15-12-9-6-3)54-63-57(60)51-48-45-42-39-36-33-30-26-23-20-17-14-11-8-5-2/h7,10,16-21,25-28,30-32,34,36,39,56H,4-6,8-9,11-15,22-24,29,33,35,37-38,40-55H2,1-3H3/b10-7-,19-16-,20-17-,21-18-,28-25-,30-26-,31-27-,34-32-,39-36-/t56-/m0/s1. The highest BCUT2D eigenvalue weighted by atomic mass is 16.6. The Morgan fingerprint density at radius 2 is 0.600 bits per heavy atom. The molecule has 6 heteroatoms. The highest BCUT2D eigenvalue weighted by Gasteiger charge is 2.19. The first kappa shape index (κ1) is 61.1. The number of hydrogen-bond donors (Lipinski definition) is 0. The lowest BCUT2D eigenvalue weighted by Gasteiger charge is -2.18. The fourth-order valence-corrected chi connectivity index (χ4v) is 6.76. The van der Waals surface area contributed by atoms with Crippen molar-refractivity contribution < 1.29 is 28.6 Å². The molecule has 0 spiro atoms. The van der Waals surface area contributed by atoms with Gasteiger partial charge >= 0.3 is 17.9 Å². The van der Waals surface area contributed by atoms with E-state index in [9.17, 15) is 14.4 Å². The first-order valence-corrected chi connectivity index (χ1v) is 26.4. The van der Waals surface area contributed by atoms with Crippen LogP contribution in [0.15, 0.2) is 109 Å². The van der Waals surface area contributed by atoms with E-state index >= 15 is 0 Å². The maximum absolute atomic E-state index is 12.8. The zero-order valence-electron chi connectivity index (χ0n) is 42.0. The molecule has 368 valence electrons. The molecule has 0 aromatic carbocycles. The van der Waals surface area contributed by atoms with Crippen molar-refractivity contribution in [3.63, 3.8) is 0 Å². The summed E-state index contributed by atoms with van der Waals surface area (Å²) >= 11 is 0. The van der Waals surface area contributed by atoms with Crippen LogP contribution in [0.5, 0.6) is 0 Å². The number of ether oxygens (including phenoxy) is 3. The Labute approximate surface area is 400 Å². The largest absolute Gasteiger partial charge is 0.462 e. The molecule has 0 bridgehead atoms. The summed E-state index contributed by atoms with van der Waals surface area (Å²) in [5.41, 5.74) is 0. The van der Waals surface area contributed by atoms with Crippen LogP contribution in [0, 0.1) is 0 Å². The van der Waals surface area contributed by atoms with Crippen LogP contribution in [-0.4, -0.2) is 37.2 Å². The maximum Gasteiger partial charge on any atom is 0.306 e. The number of carbonyl (C=O) groups is 3. The van der Waals surface area contributed by atoms with Gasteiger partial charge in [-0.3, -0.25) is 14.4 Å². The summed E-state index contributed by atoms with van der Waals surface area (Å²) in [5.74, 6) is -0.990. The second kappa shape index (κ2) is 52.7. The third-order valence-electron chi connectivity index (χ3n) is 10.7. The van der Waals surface area contributed by atoms with Crippen molar-refractivity contribution in [3.05, 3.63) is 109 Å². The molecule has 0 rings (SSSR count). The smallest absolute Gasteiger partial charge is 0.306 e. The van der Waals surface area contributed by atoms with Gasteiger partial charge < -0.3 is 14.2 Å². The molecule has 0 unspecified atom stereocenters. The van der Waals surface area contributed by atoms with E-state index in [1.165, 1.54) is 51.4 Å². The third kappa shape index (κ3) is 50.9. The van der Waals surface area contributed by atoms with Crippen LogP contribution in [0.1, 0.15) is 226 Å². The van der Waals surface area contributed by atoms with Crippen molar-refractivity contribution in [3.8, 4) is 0 Å². The van der Waals surface area contributed by atoms with Crippen molar-refractivity contribution in [2.45, 2.75) is 232 Å². The Morgan fingerprint density at radius 1 is 0.323 bits per heavy atom. The van der Waals surface area contributed by atoms with Gasteiger partial charge in [-0.25, -0.2) is 0 Å². The predicted octanol–water partition coefficient (Wildman–Crippen LogP) is 17.5. The van der Waals surface area contributed by atoms with Gasteiger partial charge in [0.15, 0.2) is 6.10 Å². The van der Waals surface area contributed by atoms with Gasteiger partial charge in [0.25, 0.3) is 0 Å². The molecular formula is C59H96O6. The Hall–Kier alpha value is -3.93. The van der Waals surface area contributed by atoms with Gasteiger partial charge in [-0.05, 0) is 128 Å². The first-order chi connectivity index (χ1) is 32.0. The van der Waals surface area contributed by atoms with Gasteiger partial charge in [0, 0.05) is 19.3 Å². The number of rotatable bonds is 46. The van der Waals surface area contributed by atoms with E-state index in [1.54, 1.807) is 0 Å². The Bertz CT molecular complexity index is 1360. The molecule has 0 aliphatic heterocycles. The summed E-state index contributed by atoms with van der Waals surface area (Å²) in [6.07, 6.45) is 70.7. The molecular weight excluding hydrogens is 805 g/mol. The molecule has 65 heavy (non-hydrogen) atoms. The van der Waals surface area contributed by atoms with E-state index in [4.69, 9.17) is 14.2 Å². The molecule has 0 aliphatic carbocycles. The second-order valence-electron chi connectivity index (χ2n) is 17.0. The van der Waals surface area contributed by atoms with Crippen molar-refractivity contribution in [1.29, 1.82) is 0 Å². The zero-order valence-corrected chi connectivity index (χ0v) is 42.0. The zero-order chi connectivity index (χ0) is 47.2. The van der Waals surface area contributed by atoms with Crippen molar-refractivity contribution in [2.24, 2.45) is 0 Å². The summed E-state index contributed by atoms with van der Waals surface area (Å²) in [7, 11) is 0. The average molecular weight is 901 g/mol. The van der Waals surface area contributed by atoms with E-state index in [0.29, 0.717) is 19.3 Å². The lowest BCUT2D eigenvalue weighted by Crippen LogP contribution is -2.30. The molecule has 0 N–H and O–H groups in total. The summed E-state index contributed by atoms with van der Waals surface area (Å²) in [6.45, 7) is 6.39. The van der Waals surface area contributed by atoms with E-state index < -0.39 is 6.10 Å². The first-order valence-electron chi connectivity index (χ1n) is 26.4. The van der Waals surface area contributed by atoms with Crippen LogP contribution >= 0.6 is 0 Å². The molecule has 0 aromatic heterocycles. The lowest BCUT2D eigenvalue weighted by atomic mass is 10.1. The highest BCUT2D eigenvalue weighted by molar-refractivity contribution is 5.71. The predicted molar refractivity (Wildman–Crippen MR) is 279 cm³/mol. The summed E-state index contributed by atoms with van der Waals surface area (Å²) in [6, 6.07) is 0. The molecule has 0 fully saturated rings. The molecule has 1 atom stereocenters. The molecule has 0 aromatic rings. The van der Waals surface area contributed by atoms with Gasteiger partial charge in [0.2, 0.25) is 0 Å². The minimum atomic E-state index is -0.813. The molecule has 0 amide bonds. The number of hydrogen-bond acceptors (Lipinski definition) is 6. The average Bonchev–Trinajstić information content (AvgIpc) is 3.30. The van der Waals surface area contributed by atoms with Crippen LogP contribution in [0.2, 0.25) is 0 Å². The molecule has 6 nitrogen and oxygen atoms in total. The summed E-state index contributed by atoms with van der Waals surface area (Å²) < 4.78 is 16.8. The lowest BCUT2D eigenvalue weighted by molar-refractivity contribution is -0.167. The number of unbranched alkanes of at least 4 members (excludes halogenated alkanes) is 17. The molecule has 0 aliphatic rings. The molecule has 0 heterocycles. The van der Waals surface area contributed by atoms with Gasteiger partial charge in [-0.2, -0.15) is 0 Å². The van der Waals surface area contributed by atoms with Gasteiger partial charge in [-0.1, -0.05) is 188 Å². The quantitative estimate of drug-likeness (QED) is 0.0262. The SMILES string of the molecule is CC/C=C\C/C=C\C/C=C\C/C=C\CCCCCCC(=O)OC[C@H](COC(=O)CCCC/C=C\C/C=C\C/C=C\CCCCC)OC(=O)CCCCCCC/C=C\C/C=C\CCCCC. The normalized spacial score (nSPS) is 13.0. The summed E-state index contributed by atoms with van der Waals surface area (Å²) in [4.78, 5) is 38.0. The fraction of sp³-hybridized carbons (Fsp3) is 0.644. The van der Waals surface area contributed by atoms with E-state index in [2.05, 4.69) is 130 Å². The monoisotopic (exact) mass is 901 g/mol. The molecule has 0 saturated carbocycles. The minimum Gasteiger partial charge on any atom is -0.462 e. The van der Waals surface area contributed by atoms with Crippen LogP contribution in [-0.2, 0) is 28.6 Å². The Balaban J connectivity index is 4.53. The van der Waals surface area contributed by atoms with Crippen molar-refractivity contribution >= 4 is 17.9 Å². The summed E-state index contributed by atoms with van der Waals surface area (Å²) in [5, 5.41) is 0. The van der Waals surface area contributed by atoms with Crippen molar-refractivity contribution in [2.75, 3.05) is 13.2 Å². The molecule has 0 saturated heterocycles. The third-order valence-corrected chi connectivity index (χ3v) is 10.7. The second-order valence-corrected chi connectivity index (χ2v) is 17.0. The van der Waals surface area contributed by atoms with Gasteiger partial charge in [0.1, 0.15) is 13.2 Å². The van der Waals surface area contributed by atoms with Gasteiger partial charge in [0.05, 0.1) is 0 Å². The van der Waals surface area contributed by atoms with Crippen LogP contribution in [0.25, 0.3) is 0 Å². The fourth-order valence-electron chi connectivity index (χ4n) is 6.76. The Kier molecular flexibility index (Phi) is 49.5. The van der Waals surface area contributed by atoms with E-state index in [-0.39, 0.29) is 31.1 Å². The maximum atomic E-state index is 12.8.